The van der Waals surface area contributed by atoms with Crippen molar-refractivity contribution in [2.24, 2.45) is 0 Å². The monoisotopic (exact) mass is 357 g/mol. The minimum absolute atomic E-state index is 0.187. The van der Waals surface area contributed by atoms with E-state index in [1.807, 2.05) is 0 Å². The van der Waals surface area contributed by atoms with Crippen molar-refractivity contribution in [2.75, 3.05) is 46.4 Å². The molecule has 1 heterocycles. The standard InChI is InChI=1S/C21H31N3O2/c1-17(13-18-5-3-4-6-19(18)16-26-2)14-23-9-11-24(12-10-23)15-21(25)22-20-7-8-20/h3-6,13,20H,7-12,14-16H2,1-2H3,(H,22,25)/b17-13+. The second kappa shape index (κ2) is 9.31. The number of rotatable bonds is 8. The molecular formula is C21H31N3O2. The summed E-state index contributed by atoms with van der Waals surface area (Å²) in [5, 5.41) is 3.07. The Balaban J connectivity index is 1.45. The van der Waals surface area contributed by atoms with Crippen molar-refractivity contribution in [2.45, 2.75) is 32.4 Å². The molecule has 0 spiro atoms. The van der Waals surface area contributed by atoms with Gasteiger partial charge >= 0.3 is 0 Å². The lowest BCUT2D eigenvalue weighted by Crippen LogP contribution is -2.49. The summed E-state index contributed by atoms with van der Waals surface area (Å²) in [4.78, 5) is 16.7. The number of hydrogen-bond donors (Lipinski definition) is 1. The van der Waals surface area contributed by atoms with E-state index in [9.17, 15) is 4.79 Å². The molecule has 142 valence electrons. The molecule has 0 radical (unpaired) electrons. The van der Waals surface area contributed by atoms with Gasteiger partial charge in [0, 0.05) is 45.9 Å². The first-order valence-corrected chi connectivity index (χ1v) is 9.62. The van der Waals surface area contributed by atoms with E-state index in [2.05, 4.69) is 52.4 Å². The minimum Gasteiger partial charge on any atom is -0.380 e. The zero-order chi connectivity index (χ0) is 18.4. The van der Waals surface area contributed by atoms with Crippen LogP contribution in [0.2, 0.25) is 0 Å². The highest BCUT2D eigenvalue weighted by Gasteiger charge is 2.25. The molecule has 1 aliphatic heterocycles. The van der Waals surface area contributed by atoms with Crippen LogP contribution in [0.1, 0.15) is 30.9 Å². The highest BCUT2D eigenvalue weighted by atomic mass is 16.5. The van der Waals surface area contributed by atoms with Gasteiger partial charge in [0.15, 0.2) is 0 Å². The number of methoxy groups -OCH3 is 1. The summed E-state index contributed by atoms with van der Waals surface area (Å²) in [5.41, 5.74) is 3.82. The zero-order valence-electron chi connectivity index (χ0n) is 16.0. The van der Waals surface area contributed by atoms with Crippen LogP contribution in [-0.4, -0.2) is 68.1 Å². The SMILES string of the molecule is COCc1ccccc1/C=C(\C)CN1CCN(CC(=O)NC2CC2)CC1. The molecule has 26 heavy (non-hydrogen) atoms. The molecule has 0 bridgehead atoms. The fraction of sp³-hybridized carbons (Fsp3) is 0.571. The second-order valence-corrected chi connectivity index (χ2v) is 7.52. The summed E-state index contributed by atoms with van der Waals surface area (Å²) >= 11 is 0. The van der Waals surface area contributed by atoms with E-state index in [0.29, 0.717) is 19.2 Å². The van der Waals surface area contributed by atoms with Gasteiger partial charge in [-0.1, -0.05) is 35.9 Å². The third-order valence-corrected chi connectivity index (χ3v) is 5.00. The maximum Gasteiger partial charge on any atom is 0.234 e. The average Bonchev–Trinajstić information content (AvgIpc) is 3.42. The summed E-state index contributed by atoms with van der Waals surface area (Å²) in [7, 11) is 1.73. The Morgan fingerprint density at radius 3 is 2.46 bits per heavy atom. The largest absolute Gasteiger partial charge is 0.380 e. The van der Waals surface area contributed by atoms with Gasteiger partial charge in [-0.3, -0.25) is 14.6 Å². The van der Waals surface area contributed by atoms with Crippen LogP contribution in [-0.2, 0) is 16.1 Å². The van der Waals surface area contributed by atoms with E-state index in [1.54, 1.807) is 7.11 Å². The number of nitrogens with one attached hydrogen (secondary N) is 1. The predicted octanol–water partition coefficient (Wildman–Crippen LogP) is 2.13. The van der Waals surface area contributed by atoms with E-state index in [0.717, 1.165) is 45.6 Å². The molecular weight excluding hydrogens is 326 g/mol. The molecule has 0 unspecified atom stereocenters. The first-order valence-electron chi connectivity index (χ1n) is 9.62. The Morgan fingerprint density at radius 2 is 1.81 bits per heavy atom. The quantitative estimate of drug-likeness (QED) is 0.774. The van der Waals surface area contributed by atoms with Crippen molar-refractivity contribution in [3.8, 4) is 0 Å². The van der Waals surface area contributed by atoms with E-state index in [4.69, 9.17) is 4.74 Å². The topological polar surface area (TPSA) is 44.8 Å². The molecule has 2 fully saturated rings. The molecule has 2 aliphatic rings. The number of amides is 1. The van der Waals surface area contributed by atoms with E-state index < -0.39 is 0 Å². The molecule has 1 saturated carbocycles. The summed E-state index contributed by atoms with van der Waals surface area (Å²) in [6.45, 7) is 8.31. The van der Waals surface area contributed by atoms with Crippen molar-refractivity contribution in [1.82, 2.24) is 15.1 Å². The Kier molecular flexibility index (Phi) is 6.83. The van der Waals surface area contributed by atoms with Crippen molar-refractivity contribution >= 4 is 12.0 Å². The van der Waals surface area contributed by atoms with E-state index in [-0.39, 0.29) is 5.91 Å². The number of nitrogens with zero attached hydrogens (tertiary/aromatic N) is 2. The highest BCUT2D eigenvalue weighted by molar-refractivity contribution is 5.78. The van der Waals surface area contributed by atoms with Crippen molar-refractivity contribution < 1.29 is 9.53 Å². The molecule has 1 amide bonds. The first kappa shape index (κ1) is 19.1. The summed E-state index contributed by atoms with van der Waals surface area (Å²) in [6.07, 6.45) is 4.57. The Hall–Kier alpha value is -1.69. The second-order valence-electron chi connectivity index (χ2n) is 7.52. The molecule has 5 nitrogen and oxygen atoms in total. The molecule has 1 N–H and O–H groups in total. The van der Waals surface area contributed by atoms with Crippen LogP contribution in [0.25, 0.3) is 6.08 Å². The lowest BCUT2D eigenvalue weighted by atomic mass is 10.1. The summed E-state index contributed by atoms with van der Waals surface area (Å²) in [6, 6.07) is 8.85. The molecule has 1 aromatic rings. The molecule has 5 heteroatoms. The summed E-state index contributed by atoms with van der Waals surface area (Å²) < 4.78 is 5.29. The van der Waals surface area contributed by atoms with Gasteiger partial charge in [-0.25, -0.2) is 0 Å². The Labute approximate surface area is 157 Å². The predicted molar refractivity (Wildman–Crippen MR) is 105 cm³/mol. The smallest absolute Gasteiger partial charge is 0.234 e. The molecule has 1 saturated heterocycles. The van der Waals surface area contributed by atoms with Crippen LogP contribution in [0.4, 0.5) is 0 Å². The van der Waals surface area contributed by atoms with E-state index >= 15 is 0 Å². The van der Waals surface area contributed by atoms with Crippen LogP contribution < -0.4 is 5.32 Å². The number of carbonyl (C=O) groups excluding carboxylic acids is 1. The lowest BCUT2D eigenvalue weighted by Gasteiger charge is -2.34. The van der Waals surface area contributed by atoms with Gasteiger partial charge in [0.05, 0.1) is 13.2 Å². The molecule has 1 aromatic carbocycles. The van der Waals surface area contributed by atoms with Gasteiger partial charge in [-0.2, -0.15) is 0 Å². The Bertz CT molecular complexity index is 632. The Morgan fingerprint density at radius 1 is 1.15 bits per heavy atom. The molecule has 0 atom stereocenters. The minimum atomic E-state index is 0.187. The third-order valence-electron chi connectivity index (χ3n) is 5.00. The number of benzene rings is 1. The fourth-order valence-corrected chi connectivity index (χ4v) is 3.44. The van der Waals surface area contributed by atoms with E-state index in [1.165, 1.54) is 16.7 Å². The van der Waals surface area contributed by atoms with Gasteiger partial charge in [-0.15, -0.1) is 0 Å². The van der Waals surface area contributed by atoms with Gasteiger partial charge in [0.25, 0.3) is 0 Å². The average molecular weight is 357 g/mol. The van der Waals surface area contributed by atoms with Crippen LogP contribution in [0.5, 0.6) is 0 Å². The number of hydrogen-bond acceptors (Lipinski definition) is 4. The van der Waals surface area contributed by atoms with Crippen LogP contribution >= 0.6 is 0 Å². The van der Waals surface area contributed by atoms with Crippen LogP contribution in [0.3, 0.4) is 0 Å². The molecule has 3 rings (SSSR count). The summed E-state index contributed by atoms with van der Waals surface area (Å²) in [5.74, 6) is 0.187. The van der Waals surface area contributed by atoms with Crippen LogP contribution in [0.15, 0.2) is 29.8 Å². The first-order chi connectivity index (χ1) is 12.6. The highest BCUT2D eigenvalue weighted by Crippen LogP contribution is 2.18. The van der Waals surface area contributed by atoms with Crippen molar-refractivity contribution in [3.63, 3.8) is 0 Å². The third kappa shape index (κ3) is 5.94. The van der Waals surface area contributed by atoms with Gasteiger partial charge in [-0.05, 0) is 30.9 Å². The lowest BCUT2D eigenvalue weighted by molar-refractivity contribution is -0.122. The number of carbonyl (C=O) groups is 1. The van der Waals surface area contributed by atoms with Crippen molar-refractivity contribution in [1.29, 1.82) is 0 Å². The van der Waals surface area contributed by atoms with Gasteiger partial charge in [0.1, 0.15) is 0 Å². The maximum absolute atomic E-state index is 11.9. The fourth-order valence-electron chi connectivity index (χ4n) is 3.44. The maximum atomic E-state index is 11.9. The van der Waals surface area contributed by atoms with Gasteiger partial charge in [0.2, 0.25) is 5.91 Å². The molecule has 0 aromatic heterocycles. The van der Waals surface area contributed by atoms with Crippen LogP contribution in [0, 0.1) is 0 Å². The normalized spacial score (nSPS) is 19.5. The number of piperazine rings is 1. The number of ether oxygens (including phenoxy) is 1. The van der Waals surface area contributed by atoms with Gasteiger partial charge < -0.3 is 10.1 Å². The zero-order valence-corrected chi connectivity index (χ0v) is 16.0. The molecule has 1 aliphatic carbocycles. The van der Waals surface area contributed by atoms with Crippen molar-refractivity contribution in [3.05, 3.63) is 41.0 Å².